The van der Waals surface area contributed by atoms with Crippen LogP contribution in [0.1, 0.15) is 24.6 Å². The summed E-state index contributed by atoms with van der Waals surface area (Å²) < 4.78 is 7.16. The van der Waals surface area contributed by atoms with Gasteiger partial charge in [0.1, 0.15) is 5.76 Å². The summed E-state index contributed by atoms with van der Waals surface area (Å²) >= 11 is 0. The number of hydrogen-bond acceptors (Lipinski definition) is 4. The summed E-state index contributed by atoms with van der Waals surface area (Å²) in [6.07, 6.45) is 3.50. The fourth-order valence-corrected chi connectivity index (χ4v) is 4.49. The van der Waals surface area contributed by atoms with Crippen LogP contribution in [-0.2, 0) is 6.54 Å². The summed E-state index contributed by atoms with van der Waals surface area (Å²) in [6, 6.07) is 12.1. The summed E-state index contributed by atoms with van der Waals surface area (Å²) in [5.41, 5.74) is 1.86. The molecule has 8 heteroatoms. The van der Waals surface area contributed by atoms with Gasteiger partial charge in [-0.25, -0.2) is 9.59 Å². The van der Waals surface area contributed by atoms with Crippen LogP contribution >= 0.6 is 0 Å². The number of hydrogen-bond donors (Lipinski definition) is 2. The average Bonchev–Trinajstić information content (AvgIpc) is 3.32. The molecule has 0 unspecified atom stereocenters. The lowest BCUT2D eigenvalue weighted by Crippen LogP contribution is -2.63. The third-order valence-corrected chi connectivity index (χ3v) is 6.15. The van der Waals surface area contributed by atoms with Crippen LogP contribution in [0.15, 0.2) is 51.9 Å². The molecule has 0 atom stereocenters. The number of benzene rings is 1. The largest absolute Gasteiger partial charge is 0.467 e. The molecular weight excluding hydrogens is 370 g/mol. The smallest absolute Gasteiger partial charge is 0.326 e. The molecule has 0 saturated carbocycles. The number of urea groups is 1. The van der Waals surface area contributed by atoms with Gasteiger partial charge in [-0.2, -0.15) is 0 Å². The number of carbonyl (C=O) groups excluding carboxylic acids is 1. The van der Waals surface area contributed by atoms with E-state index in [1.165, 1.54) is 0 Å². The van der Waals surface area contributed by atoms with Gasteiger partial charge in [0, 0.05) is 38.3 Å². The van der Waals surface area contributed by atoms with Crippen molar-refractivity contribution < 1.29 is 9.21 Å². The van der Waals surface area contributed by atoms with Gasteiger partial charge in [-0.05, 0) is 37.1 Å². The van der Waals surface area contributed by atoms with Crippen molar-refractivity contribution in [2.75, 3.05) is 26.2 Å². The van der Waals surface area contributed by atoms with Gasteiger partial charge < -0.3 is 19.6 Å². The number of furan rings is 1. The first-order chi connectivity index (χ1) is 14.2. The van der Waals surface area contributed by atoms with Gasteiger partial charge in [-0.1, -0.05) is 12.1 Å². The molecule has 0 radical (unpaired) electrons. The van der Waals surface area contributed by atoms with Crippen LogP contribution in [0.25, 0.3) is 11.0 Å². The molecule has 0 bridgehead atoms. The molecule has 4 heterocycles. The monoisotopic (exact) mass is 395 g/mol. The third kappa shape index (κ3) is 3.44. The molecule has 0 spiro atoms. The van der Waals surface area contributed by atoms with Crippen LogP contribution in [0.4, 0.5) is 4.79 Å². The second-order valence-electron chi connectivity index (χ2n) is 7.88. The van der Waals surface area contributed by atoms with E-state index in [4.69, 9.17) is 4.42 Å². The predicted octanol–water partition coefficient (Wildman–Crippen LogP) is 2.15. The third-order valence-electron chi connectivity index (χ3n) is 6.15. The number of aromatic nitrogens is 2. The van der Waals surface area contributed by atoms with E-state index in [2.05, 4.69) is 15.2 Å². The van der Waals surface area contributed by atoms with E-state index in [-0.39, 0.29) is 17.8 Å². The number of imidazole rings is 1. The van der Waals surface area contributed by atoms with E-state index in [0.717, 1.165) is 55.8 Å². The van der Waals surface area contributed by atoms with E-state index in [0.29, 0.717) is 12.6 Å². The molecular formula is C21H25N5O3. The molecule has 2 saturated heterocycles. The maximum absolute atomic E-state index is 12.4. The van der Waals surface area contributed by atoms with Crippen molar-refractivity contribution >= 4 is 17.1 Å². The lowest BCUT2D eigenvalue weighted by Gasteiger charge is -2.47. The Morgan fingerprint density at radius 1 is 1.10 bits per heavy atom. The lowest BCUT2D eigenvalue weighted by atomic mass is 9.99. The van der Waals surface area contributed by atoms with Crippen LogP contribution in [0.3, 0.4) is 0 Å². The number of likely N-dealkylation sites (tertiary alicyclic amines) is 2. The molecule has 5 rings (SSSR count). The number of piperidine rings is 1. The topological polar surface area (TPSA) is 86.5 Å². The molecule has 2 aliphatic rings. The second-order valence-corrected chi connectivity index (χ2v) is 7.88. The SMILES string of the molecule is O=C(NCc1ccco1)N1CC(N2CCC(n3c(=O)[nH]c4ccccc43)CC2)C1. The quantitative estimate of drug-likeness (QED) is 0.709. The van der Waals surface area contributed by atoms with Gasteiger partial charge in [-0.15, -0.1) is 0 Å². The molecule has 2 amide bonds. The number of para-hydroxylation sites is 2. The van der Waals surface area contributed by atoms with Crippen LogP contribution in [-0.4, -0.2) is 57.6 Å². The minimum atomic E-state index is -0.0436. The zero-order chi connectivity index (χ0) is 19.8. The number of H-pyrrole nitrogens is 1. The summed E-state index contributed by atoms with van der Waals surface area (Å²) in [4.78, 5) is 31.9. The first-order valence-corrected chi connectivity index (χ1v) is 10.2. The van der Waals surface area contributed by atoms with Gasteiger partial charge in [0.05, 0.1) is 23.8 Å². The second kappa shape index (κ2) is 7.44. The Morgan fingerprint density at radius 3 is 2.66 bits per heavy atom. The van der Waals surface area contributed by atoms with Crippen LogP contribution in [0.2, 0.25) is 0 Å². The Morgan fingerprint density at radius 2 is 1.90 bits per heavy atom. The highest BCUT2D eigenvalue weighted by molar-refractivity contribution is 5.75. The first-order valence-electron chi connectivity index (χ1n) is 10.2. The molecule has 2 aromatic heterocycles. The molecule has 29 heavy (non-hydrogen) atoms. The summed E-state index contributed by atoms with van der Waals surface area (Å²) in [5, 5.41) is 2.89. The van der Waals surface area contributed by atoms with Crippen molar-refractivity contribution in [3.63, 3.8) is 0 Å². The van der Waals surface area contributed by atoms with Crippen molar-refractivity contribution in [1.29, 1.82) is 0 Å². The predicted molar refractivity (Wildman–Crippen MR) is 109 cm³/mol. The molecule has 152 valence electrons. The number of nitrogens with one attached hydrogen (secondary N) is 2. The van der Waals surface area contributed by atoms with Crippen molar-refractivity contribution in [2.24, 2.45) is 0 Å². The Labute approximate surface area is 168 Å². The van der Waals surface area contributed by atoms with Gasteiger partial charge >= 0.3 is 11.7 Å². The molecule has 2 N–H and O–H groups in total. The Balaban J connectivity index is 1.13. The highest BCUT2D eigenvalue weighted by atomic mass is 16.3. The van der Waals surface area contributed by atoms with E-state index in [1.54, 1.807) is 6.26 Å². The number of nitrogens with zero attached hydrogens (tertiary/aromatic N) is 3. The normalized spacial score (nSPS) is 18.8. The molecule has 0 aliphatic carbocycles. The van der Waals surface area contributed by atoms with Crippen LogP contribution < -0.4 is 11.0 Å². The Kier molecular flexibility index (Phi) is 4.63. The number of carbonyl (C=O) groups is 1. The number of amides is 2. The van der Waals surface area contributed by atoms with Crippen LogP contribution in [0.5, 0.6) is 0 Å². The van der Waals surface area contributed by atoms with Gasteiger partial charge in [0.25, 0.3) is 0 Å². The highest BCUT2D eigenvalue weighted by Gasteiger charge is 2.36. The van der Waals surface area contributed by atoms with Crippen molar-refractivity contribution in [2.45, 2.75) is 31.5 Å². The Hall–Kier alpha value is -3.00. The maximum atomic E-state index is 12.4. The lowest BCUT2D eigenvalue weighted by molar-refractivity contribution is 0.0359. The fraction of sp³-hybridized carbons (Fsp3) is 0.429. The molecule has 2 fully saturated rings. The molecule has 3 aromatic rings. The first kappa shape index (κ1) is 18.1. The highest BCUT2D eigenvalue weighted by Crippen LogP contribution is 2.27. The standard InChI is InChI=1S/C21H25N5O3/c27-20(22-12-17-4-3-11-29-17)25-13-16(14-25)24-9-7-15(8-10-24)26-19-6-2-1-5-18(19)23-21(26)28/h1-6,11,15-16H,7-10,12-14H2,(H,22,27)(H,23,28). The number of fused-ring (bicyclic) bond motifs is 1. The van der Waals surface area contributed by atoms with Gasteiger partial charge in [0.15, 0.2) is 0 Å². The zero-order valence-corrected chi connectivity index (χ0v) is 16.2. The Bertz CT molecular complexity index is 1040. The van der Waals surface area contributed by atoms with E-state index < -0.39 is 0 Å². The van der Waals surface area contributed by atoms with Gasteiger partial charge in [-0.3, -0.25) is 9.47 Å². The maximum Gasteiger partial charge on any atom is 0.326 e. The minimum absolute atomic E-state index is 0.0207. The van der Waals surface area contributed by atoms with E-state index >= 15 is 0 Å². The van der Waals surface area contributed by atoms with E-state index in [1.807, 2.05) is 45.9 Å². The van der Waals surface area contributed by atoms with Crippen molar-refractivity contribution in [3.05, 3.63) is 58.9 Å². The fourth-order valence-electron chi connectivity index (χ4n) is 4.49. The van der Waals surface area contributed by atoms with Crippen LogP contribution in [0, 0.1) is 0 Å². The van der Waals surface area contributed by atoms with Crippen molar-refractivity contribution in [1.82, 2.24) is 24.7 Å². The van der Waals surface area contributed by atoms with Crippen molar-refractivity contribution in [3.8, 4) is 0 Å². The number of rotatable bonds is 4. The summed E-state index contributed by atoms with van der Waals surface area (Å²) in [6.45, 7) is 3.81. The average molecular weight is 395 g/mol. The molecule has 2 aliphatic heterocycles. The molecule has 1 aromatic carbocycles. The zero-order valence-electron chi connectivity index (χ0n) is 16.2. The van der Waals surface area contributed by atoms with Gasteiger partial charge in [0.2, 0.25) is 0 Å². The summed E-state index contributed by atoms with van der Waals surface area (Å²) in [5.74, 6) is 0.755. The van der Waals surface area contributed by atoms with E-state index in [9.17, 15) is 9.59 Å². The minimum Gasteiger partial charge on any atom is -0.467 e. The number of aromatic amines is 1. The summed E-state index contributed by atoms with van der Waals surface area (Å²) in [7, 11) is 0. The molecule has 8 nitrogen and oxygen atoms in total.